The van der Waals surface area contributed by atoms with Crippen molar-refractivity contribution in [2.75, 3.05) is 32.4 Å². The van der Waals surface area contributed by atoms with E-state index in [4.69, 9.17) is 14.2 Å². The van der Waals surface area contributed by atoms with Crippen LogP contribution < -0.4 is 14.8 Å². The number of rotatable bonds is 7. The van der Waals surface area contributed by atoms with Gasteiger partial charge in [-0.2, -0.15) is 0 Å². The molecule has 1 N–H and O–H groups in total. The van der Waals surface area contributed by atoms with E-state index in [2.05, 4.69) is 17.4 Å². The molecular weight excluding hydrogens is 404 g/mol. The van der Waals surface area contributed by atoms with Crippen molar-refractivity contribution in [1.82, 2.24) is 4.90 Å². The fourth-order valence-electron chi connectivity index (χ4n) is 3.38. The molecule has 8 heteroatoms. The monoisotopic (exact) mass is 430 g/mol. The Morgan fingerprint density at radius 1 is 1.07 bits per heavy atom. The number of carbonyl (C=O) groups is 2. The van der Waals surface area contributed by atoms with Crippen molar-refractivity contribution in [1.29, 1.82) is 0 Å². The first-order valence-electron chi connectivity index (χ1n) is 9.61. The summed E-state index contributed by atoms with van der Waals surface area (Å²) in [7, 11) is 4.43. The Balaban J connectivity index is 1.78. The summed E-state index contributed by atoms with van der Waals surface area (Å²) in [5, 5.41) is 2.74. The maximum absolute atomic E-state index is 13.2. The molecule has 1 saturated heterocycles. The number of hydrogen-bond donors (Lipinski definition) is 1. The van der Waals surface area contributed by atoms with Crippen LogP contribution in [0.4, 0.5) is 10.5 Å². The molecule has 3 rings (SSSR count). The van der Waals surface area contributed by atoms with Crippen LogP contribution in [-0.2, 0) is 16.0 Å². The van der Waals surface area contributed by atoms with Gasteiger partial charge in [0.05, 0.1) is 26.7 Å². The first-order chi connectivity index (χ1) is 14.5. The van der Waals surface area contributed by atoms with Crippen molar-refractivity contribution >= 4 is 29.4 Å². The second kappa shape index (κ2) is 10.2. The fourth-order valence-corrected chi connectivity index (χ4v) is 4.77. The van der Waals surface area contributed by atoms with Crippen LogP contribution in [0.2, 0.25) is 0 Å². The molecule has 1 aliphatic rings. The minimum absolute atomic E-state index is 0.137. The van der Waals surface area contributed by atoms with Gasteiger partial charge in [-0.1, -0.05) is 30.3 Å². The van der Waals surface area contributed by atoms with Crippen LogP contribution in [0, 0.1) is 0 Å². The lowest BCUT2D eigenvalue weighted by atomic mass is 10.1. The molecule has 2 aromatic carbocycles. The van der Waals surface area contributed by atoms with E-state index in [0.717, 1.165) is 12.8 Å². The van der Waals surface area contributed by atoms with Gasteiger partial charge in [-0.25, -0.2) is 9.59 Å². The van der Waals surface area contributed by atoms with Crippen LogP contribution in [-0.4, -0.2) is 55.4 Å². The summed E-state index contributed by atoms with van der Waals surface area (Å²) in [6, 6.07) is 14.2. The van der Waals surface area contributed by atoms with Gasteiger partial charge in [0, 0.05) is 29.6 Å². The topological polar surface area (TPSA) is 77.1 Å². The number of nitrogens with one attached hydrogen (secondary N) is 1. The molecule has 0 radical (unpaired) electrons. The zero-order chi connectivity index (χ0) is 21.5. The molecule has 160 valence electrons. The fraction of sp³-hybridized carbons (Fsp3) is 0.364. The van der Waals surface area contributed by atoms with Crippen LogP contribution in [0.3, 0.4) is 0 Å². The average molecular weight is 431 g/mol. The third-order valence-corrected chi connectivity index (χ3v) is 6.28. The maximum Gasteiger partial charge on any atom is 0.329 e. The number of aryl methyl sites for hydroxylation is 1. The van der Waals surface area contributed by atoms with Crippen molar-refractivity contribution in [2.45, 2.75) is 24.3 Å². The Kier molecular flexibility index (Phi) is 7.46. The largest absolute Gasteiger partial charge is 0.497 e. The first kappa shape index (κ1) is 21.8. The normalized spacial score (nSPS) is 18.0. The molecule has 7 nitrogen and oxygen atoms in total. The van der Waals surface area contributed by atoms with Crippen LogP contribution in [0.5, 0.6) is 11.5 Å². The second-order valence-electron chi connectivity index (χ2n) is 6.79. The van der Waals surface area contributed by atoms with Gasteiger partial charge >= 0.3 is 12.0 Å². The second-order valence-corrected chi connectivity index (χ2v) is 8.00. The van der Waals surface area contributed by atoms with Gasteiger partial charge in [0.15, 0.2) is 0 Å². The molecule has 1 aliphatic heterocycles. The van der Waals surface area contributed by atoms with Gasteiger partial charge in [0.1, 0.15) is 17.5 Å². The van der Waals surface area contributed by atoms with Crippen LogP contribution in [0.1, 0.15) is 12.0 Å². The van der Waals surface area contributed by atoms with Gasteiger partial charge in [-0.3, -0.25) is 4.90 Å². The number of ether oxygens (including phenoxy) is 3. The zero-order valence-electron chi connectivity index (χ0n) is 17.3. The molecular formula is C22H26N2O5S. The summed E-state index contributed by atoms with van der Waals surface area (Å²) in [4.78, 5) is 27.1. The highest BCUT2D eigenvalue weighted by Gasteiger charge is 2.42. The third kappa shape index (κ3) is 5.18. The average Bonchev–Trinajstić information content (AvgIpc) is 3.21. The molecule has 0 saturated carbocycles. The number of thioether (sulfide) groups is 1. The van der Waals surface area contributed by atoms with Gasteiger partial charge < -0.3 is 19.5 Å². The van der Waals surface area contributed by atoms with Crippen molar-refractivity contribution < 1.29 is 23.8 Å². The molecule has 0 spiro atoms. The molecule has 2 unspecified atom stereocenters. The quantitative estimate of drug-likeness (QED) is 0.674. The molecule has 0 bridgehead atoms. The molecule has 1 heterocycles. The van der Waals surface area contributed by atoms with Gasteiger partial charge in [0.25, 0.3) is 0 Å². The van der Waals surface area contributed by atoms with Crippen LogP contribution >= 0.6 is 11.8 Å². The van der Waals surface area contributed by atoms with E-state index in [9.17, 15) is 9.59 Å². The summed E-state index contributed by atoms with van der Waals surface area (Å²) in [5.74, 6) is 1.21. The summed E-state index contributed by atoms with van der Waals surface area (Å²) in [6.45, 7) is 0. The number of benzene rings is 2. The molecule has 30 heavy (non-hydrogen) atoms. The third-order valence-electron chi connectivity index (χ3n) is 4.93. The SMILES string of the molecule is COC(=O)C1CSC(CCc2ccccc2)N1C(=O)Nc1cc(OC)cc(OC)c1. The number of amides is 2. The maximum atomic E-state index is 13.2. The van der Waals surface area contributed by atoms with Crippen molar-refractivity contribution in [3.8, 4) is 11.5 Å². The minimum Gasteiger partial charge on any atom is -0.497 e. The molecule has 0 aromatic heterocycles. The van der Waals surface area contributed by atoms with Gasteiger partial charge in [-0.15, -0.1) is 11.8 Å². The van der Waals surface area contributed by atoms with E-state index in [0.29, 0.717) is 22.9 Å². The molecule has 0 aliphatic carbocycles. The molecule has 2 amide bonds. The number of nitrogens with zero attached hydrogens (tertiary/aromatic N) is 1. The summed E-state index contributed by atoms with van der Waals surface area (Å²) in [5.41, 5.74) is 1.72. The summed E-state index contributed by atoms with van der Waals surface area (Å²) >= 11 is 1.59. The Bertz CT molecular complexity index is 855. The smallest absolute Gasteiger partial charge is 0.329 e. The number of methoxy groups -OCH3 is 3. The molecule has 2 aromatic rings. The Hall–Kier alpha value is -2.87. The Labute approximate surface area is 180 Å². The zero-order valence-corrected chi connectivity index (χ0v) is 18.1. The number of hydrogen-bond acceptors (Lipinski definition) is 6. The standard InChI is InChI=1S/C22H26N2O5S/c1-27-17-11-16(12-18(13-17)28-2)23-22(26)24-19(21(25)29-3)14-30-20(24)10-9-15-7-5-4-6-8-15/h4-8,11-13,19-20H,9-10,14H2,1-3H3,(H,23,26). The lowest BCUT2D eigenvalue weighted by molar-refractivity contribution is -0.144. The minimum atomic E-state index is -0.631. The predicted molar refractivity (Wildman–Crippen MR) is 117 cm³/mol. The number of anilines is 1. The van der Waals surface area contributed by atoms with Crippen LogP contribution in [0.25, 0.3) is 0 Å². The van der Waals surface area contributed by atoms with E-state index >= 15 is 0 Å². The lowest BCUT2D eigenvalue weighted by Gasteiger charge is -2.28. The van der Waals surface area contributed by atoms with Gasteiger partial charge in [-0.05, 0) is 18.4 Å². The predicted octanol–water partition coefficient (Wildman–Crippen LogP) is 3.79. The van der Waals surface area contributed by atoms with E-state index < -0.39 is 12.0 Å². The highest BCUT2D eigenvalue weighted by atomic mass is 32.2. The molecule has 1 fully saturated rings. The highest BCUT2D eigenvalue weighted by Crippen LogP contribution is 2.34. The number of carbonyl (C=O) groups excluding carboxylic acids is 2. The highest BCUT2D eigenvalue weighted by molar-refractivity contribution is 8.00. The van der Waals surface area contributed by atoms with E-state index in [1.807, 2.05) is 18.2 Å². The van der Waals surface area contributed by atoms with Crippen molar-refractivity contribution in [3.05, 3.63) is 54.1 Å². The lowest BCUT2D eigenvalue weighted by Crippen LogP contribution is -2.48. The van der Waals surface area contributed by atoms with Crippen molar-refractivity contribution in [3.63, 3.8) is 0 Å². The summed E-state index contributed by atoms with van der Waals surface area (Å²) < 4.78 is 15.5. The van der Waals surface area contributed by atoms with Gasteiger partial charge in [0.2, 0.25) is 0 Å². The number of esters is 1. The van der Waals surface area contributed by atoms with E-state index in [1.165, 1.54) is 12.7 Å². The van der Waals surface area contributed by atoms with Crippen molar-refractivity contribution in [2.24, 2.45) is 0 Å². The summed E-state index contributed by atoms with van der Waals surface area (Å²) in [6.07, 6.45) is 1.54. The Morgan fingerprint density at radius 3 is 2.33 bits per heavy atom. The number of urea groups is 1. The Morgan fingerprint density at radius 2 is 1.73 bits per heavy atom. The van der Waals surface area contributed by atoms with E-state index in [1.54, 1.807) is 49.1 Å². The first-order valence-corrected chi connectivity index (χ1v) is 10.7. The van der Waals surface area contributed by atoms with E-state index in [-0.39, 0.29) is 11.4 Å². The van der Waals surface area contributed by atoms with Crippen LogP contribution in [0.15, 0.2) is 48.5 Å². The molecule has 2 atom stereocenters.